The molecule has 1 aromatic carbocycles. The molecule has 0 saturated carbocycles. The molecule has 25 heavy (non-hydrogen) atoms. The highest BCUT2D eigenvalue weighted by Gasteiger charge is 2.36. The van der Waals surface area contributed by atoms with E-state index in [0.717, 1.165) is 19.3 Å². The van der Waals surface area contributed by atoms with Crippen molar-refractivity contribution < 1.29 is 19.1 Å². The highest BCUT2D eigenvalue weighted by atomic mass is 16.5. The van der Waals surface area contributed by atoms with E-state index in [9.17, 15) is 9.59 Å². The minimum atomic E-state index is -0.442. The lowest BCUT2D eigenvalue weighted by Gasteiger charge is -2.34. The van der Waals surface area contributed by atoms with Crippen LogP contribution in [0.3, 0.4) is 0 Å². The highest BCUT2D eigenvalue weighted by molar-refractivity contribution is 5.97. The van der Waals surface area contributed by atoms with E-state index in [2.05, 4.69) is 0 Å². The number of benzene rings is 1. The third-order valence-electron chi connectivity index (χ3n) is 5.14. The molecule has 6 heteroatoms. The maximum atomic E-state index is 12.8. The second kappa shape index (κ2) is 7.87. The van der Waals surface area contributed by atoms with Gasteiger partial charge < -0.3 is 20.1 Å². The van der Waals surface area contributed by atoms with Crippen LogP contribution in [0.25, 0.3) is 0 Å². The maximum Gasteiger partial charge on any atom is 0.257 e. The molecule has 0 bridgehead atoms. The van der Waals surface area contributed by atoms with Crippen molar-refractivity contribution in [3.05, 3.63) is 29.8 Å². The van der Waals surface area contributed by atoms with Crippen LogP contribution in [0.15, 0.2) is 24.3 Å². The fourth-order valence-corrected chi connectivity index (χ4v) is 3.79. The number of hydrogen-bond acceptors (Lipinski definition) is 4. The largest absolute Gasteiger partial charge is 0.493 e. The molecule has 2 atom stereocenters. The van der Waals surface area contributed by atoms with Crippen molar-refractivity contribution in [1.82, 2.24) is 4.90 Å². The van der Waals surface area contributed by atoms with Crippen LogP contribution >= 0.6 is 0 Å². The topological polar surface area (TPSA) is 81.9 Å². The van der Waals surface area contributed by atoms with Crippen LogP contribution in [-0.4, -0.2) is 48.6 Å². The molecule has 2 heterocycles. The molecule has 0 radical (unpaired) electrons. The van der Waals surface area contributed by atoms with Crippen LogP contribution < -0.4 is 10.5 Å². The summed E-state index contributed by atoms with van der Waals surface area (Å²) in [6, 6.07) is 7.39. The van der Waals surface area contributed by atoms with Gasteiger partial charge >= 0.3 is 0 Å². The summed E-state index contributed by atoms with van der Waals surface area (Å²) in [4.78, 5) is 25.9. The third kappa shape index (κ3) is 3.95. The van der Waals surface area contributed by atoms with E-state index in [4.69, 9.17) is 15.2 Å². The summed E-state index contributed by atoms with van der Waals surface area (Å²) < 4.78 is 11.4. The molecule has 2 N–H and O–H groups in total. The van der Waals surface area contributed by atoms with Crippen molar-refractivity contribution in [2.45, 2.75) is 44.8 Å². The Kier molecular flexibility index (Phi) is 5.58. The Morgan fingerprint density at radius 2 is 1.92 bits per heavy atom. The minimum absolute atomic E-state index is 0.0184. The van der Waals surface area contributed by atoms with Crippen LogP contribution in [0, 0.1) is 5.92 Å². The quantitative estimate of drug-likeness (QED) is 0.884. The van der Waals surface area contributed by atoms with Gasteiger partial charge in [-0.3, -0.25) is 9.59 Å². The number of para-hydroxylation sites is 1. The zero-order valence-electron chi connectivity index (χ0n) is 14.6. The summed E-state index contributed by atoms with van der Waals surface area (Å²) in [7, 11) is 0. The summed E-state index contributed by atoms with van der Waals surface area (Å²) in [6.45, 7) is 3.84. The molecule has 0 unspecified atom stereocenters. The molecule has 0 aliphatic carbocycles. The predicted octanol–water partition coefficient (Wildman–Crippen LogP) is 1.97. The van der Waals surface area contributed by atoms with Crippen molar-refractivity contribution in [2.75, 3.05) is 19.7 Å². The number of hydrogen-bond donors (Lipinski definition) is 1. The molecule has 0 aromatic heterocycles. The second-order valence-electron chi connectivity index (χ2n) is 6.70. The maximum absolute atomic E-state index is 12.8. The minimum Gasteiger partial charge on any atom is -0.493 e. The van der Waals surface area contributed by atoms with Gasteiger partial charge in [0.2, 0.25) is 5.91 Å². The zero-order chi connectivity index (χ0) is 17.8. The van der Waals surface area contributed by atoms with Crippen LogP contribution in [0.4, 0.5) is 0 Å². The van der Waals surface area contributed by atoms with Gasteiger partial charge in [-0.05, 0) is 50.7 Å². The van der Waals surface area contributed by atoms with Crippen molar-refractivity contribution in [3.63, 3.8) is 0 Å². The number of carbonyl (C=O) groups is 2. The van der Waals surface area contributed by atoms with E-state index in [1.54, 1.807) is 0 Å². The number of nitrogens with zero attached hydrogens (tertiary/aromatic N) is 1. The molecule has 2 fully saturated rings. The van der Waals surface area contributed by atoms with Gasteiger partial charge in [-0.1, -0.05) is 12.1 Å². The lowest BCUT2D eigenvalue weighted by molar-refractivity contribution is -0.130. The Morgan fingerprint density at radius 3 is 2.56 bits per heavy atom. The first-order chi connectivity index (χ1) is 12.1. The number of carbonyl (C=O) groups excluding carboxylic acids is 2. The molecule has 3 rings (SSSR count). The van der Waals surface area contributed by atoms with Gasteiger partial charge in [0.15, 0.2) is 0 Å². The van der Waals surface area contributed by atoms with E-state index in [1.807, 2.05) is 36.1 Å². The van der Waals surface area contributed by atoms with Gasteiger partial charge in [0, 0.05) is 13.1 Å². The first kappa shape index (κ1) is 17.7. The average molecular weight is 346 g/mol. The first-order valence-electron chi connectivity index (χ1n) is 9.06. The fourth-order valence-electron chi connectivity index (χ4n) is 3.79. The van der Waals surface area contributed by atoms with Gasteiger partial charge in [0.05, 0.1) is 18.3 Å². The molecular weight excluding hydrogens is 320 g/mol. The normalized spacial score (nSPS) is 24.3. The summed E-state index contributed by atoms with van der Waals surface area (Å²) >= 11 is 0. The van der Waals surface area contributed by atoms with E-state index in [-0.39, 0.29) is 17.9 Å². The molecule has 6 nitrogen and oxygen atoms in total. The van der Waals surface area contributed by atoms with Crippen molar-refractivity contribution >= 4 is 11.8 Å². The van der Waals surface area contributed by atoms with Crippen molar-refractivity contribution in [2.24, 2.45) is 11.7 Å². The molecule has 2 saturated heterocycles. The van der Waals surface area contributed by atoms with Gasteiger partial charge in [0.25, 0.3) is 5.91 Å². The van der Waals surface area contributed by atoms with E-state index in [0.29, 0.717) is 43.3 Å². The van der Waals surface area contributed by atoms with Gasteiger partial charge in [-0.25, -0.2) is 0 Å². The van der Waals surface area contributed by atoms with Gasteiger partial charge in [0.1, 0.15) is 11.9 Å². The summed E-state index contributed by atoms with van der Waals surface area (Å²) in [5.74, 6) is 0.670. The van der Waals surface area contributed by atoms with Crippen LogP contribution in [0.2, 0.25) is 0 Å². The Morgan fingerprint density at radius 1 is 1.20 bits per heavy atom. The number of likely N-dealkylation sites (tertiary alicyclic amines) is 1. The van der Waals surface area contributed by atoms with Crippen molar-refractivity contribution in [1.29, 1.82) is 0 Å². The van der Waals surface area contributed by atoms with Crippen LogP contribution in [0.5, 0.6) is 5.75 Å². The second-order valence-corrected chi connectivity index (χ2v) is 6.70. The SMILES string of the molecule is CCOc1ccccc1C(=O)N1CCC([C@@H]2CC[C@H](C(N)=O)O2)CC1. The molecule has 2 amide bonds. The Labute approximate surface area is 148 Å². The number of piperidine rings is 1. The Bertz CT molecular complexity index is 626. The summed E-state index contributed by atoms with van der Waals surface area (Å²) in [5, 5.41) is 0. The molecule has 2 aliphatic rings. The summed E-state index contributed by atoms with van der Waals surface area (Å²) in [5.41, 5.74) is 5.94. The third-order valence-corrected chi connectivity index (χ3v) is 5.14. The lowest BCUT2D eigenvalue weighted by Crippen LogP contribution is -2.41. The number of nitrogens with two attached hydrogens (primary N) is 1. The standard InChI is InChI=1S/C19H26N2O4/c1-2-24-16-6-4-3-5-14(16)19(23)21-11-9-13(10-12-21)15-7-8-17(25-15)18(20)22/h3-6,13,15,17H,2,7-12H2,1H3,(H2,20,22)/t15-,17+/m0/s1. The van der Waals surface area contributed by atoms with Crippen LogP contribution in [-0.2, 0) is 9.53 Å². The predicted molar refractivity (Wildman–Crippen MR) is 93.3 cm³/mol. The molecular formula is C19H26N2O4. The highest BCUT2D eigenvalue weighted by Crippen LogP contribution is 2.32. The first-order valence-corrected chi connectivity index (χ1v) is 9.06. The molecule has 1 aromatic rings. The Balaban J connectivity index is 1.57. The van der Waals surface area contributed by atoms with Crippen molar-refractivity contribution in [3.8, 4) is 5.75 Å². The average Bonchev–Trinajstić information content (AvgIpc) is 3.12. The lowest BCUT2D eigenvalue weighted by atomic mass is 9.89. The van der Waals surface area contributed by atoms with Gasteiger partial charge in [-0.15, -0.1) is 0 Å². The zero-order valence-corrected chi connectivity index (χ0v) is 14.6. The number of primary amides is 1. The molecule has 136 valence electrons. The number of amides is 2. The van der Waals surface area contributed by atoms with E-state index >= 15 is 0 Å². The van der Waals surface area contributed by atoms with Gasteiger partial charge in [-0.2, -0.15) is 0 Å². The Hall–Kier alpha value is -2.08. The van der Waals surface area contributed by atoms with E-state index in [1.165, 1.54) is 0 Å². The fraction of sp³-hybridized carbons (Fsp3) is 0.579. The number of ether oxygens (including phenoxy) is 2. The molecule has 2 aliphatic heterocycles. The number of rotatable bonds is 5. The smallest absolute Gasteiger partial charge is 0.257 e. The molecule has 0 spiro atoms. The summed E-state index contributed by atoms with van der Waals surface area (Å²) in [6.07, 6.45) is 3.01. The monoisotopic (exact) mass is 346 g/mol. The van der Waals surface area contributed by atoms with E-state index < -0.39 is 6.10 Å². The van der Waals surface area contributed by atoms with Crippen LogP contribution in [0.1, 0.15) is 43.0 Å².